The molecule has 0 unspecified atom stereocenters. The zero-order valence-corrected chi connectivity index (χ0v) is 13.2. The van der Waals surface area contributed by atoms with Gasteiger partial charge >= 0.3 is 0 Å². The minimum absolute atomic E-state index is 0.560. The van der Waals surface area contributed by atoms with E-state index < -0.39 is 0 Å². The van der Waals surface area contributed by atoms with Crippen molar-refractivity contribution in [1.29, 1.82) is 5.26 Å². The highest BCUT2D eigenvalue weighted by molar-refractivity contribution is 9.10. The van der Waals surface area contributed by atoms with Gasteiger partial charge in [0.1, 0.15) is 6.07 Å². The number of benzene rings is 2. The topological polar surface area (TPSA) is 48.7 Å². The number of thiazole rings is 1. The van der Waals surface area contributed by atoms with Gasteiger partial charge in [-0.15, -0.1) is 0 Å². The molecule has 0 radical (unpaired) electrons. The van der Waals surface area contributed by atoms with E-state index in [9.17, 15) is 5.26 Å². The van der Waals surface area contributed by atoms with Crippen LogP contribution in [0.15, 0.2) is 40.9 Å². The second-order valence-corrected chi connectivity index (χ2v) is 6.35. The SMILES string of the molecule is N#Cc1c(Br)cccc1Nc1nc2ccc(Cl)cc2s1. The molecule has 0 amide bonds. The largest absolute Gasteiger partial charge is 0.330 e. The maximum atomic E-state index is 9.20. The van der Waals surface area contributed by atoms with Gasteiger partial charge in [-0.1, -0.05) is 29.0 Å². The maximum absolute atomic E-state index is 9.20. The number of nitrogens with zero attached hydrogens (tertiary/aromatic N) is 2. The molecule has 3 nitrogen and oxygen atoms in total. The summed E-state index contributed by atoms with van der Waals surface area (Å²) in [5.41, 5.74) is 2.17. The van der Waals surface area contributed by atoms with Crippen molar-refractivity contribution in [3.05, 3.63) is 51.5 Å². The Balaban J connectivity index is 2.02. The number of fused-ring (bicyclic) bond motifs is 1. The molecule has 0 aliphatic carbocycles. The molecule has 1 heterocycles. The minimum Gasteiger partial charge on any atom is -0.330 e. The molecule has 0 aliphatic rings. The van der Waals surface area contributed by atoms with E-state index in [2.05, 4.69) is 32.3 Å². The number of aromatic nitrogens is 1. The van der Waals surface area contributed by atoms with Crippen LogP contribution in [0.1, 0.15) is 5.56 Å². The van der Waals surface area contributed by atoms with Gasteiger partial charge in [0.25, 0.3) is 0 Å². The molecule has 0 aliphatic heterocycles. The molecular formula is C14H7BrClN3S. The van der Waals surface area contributed by atoms with Gasteiger partial charge in [0.2, 0.25) is 0 Å². The predicted octanol–water partition coefficient (Wildman–Crippen LogP) is 5.33. The molecule has 0 spiro atoms. The Morgan fingerprint density at radius 3 is 2.95 bits per heavy atom. The van der Waals surface area contributed by atoms with Crippen LogP contribution in [0.4, 0.5) is 10.8 Å². The van der Waals surface area contributed by atoms with E-state index in [1.807, 2.05) is 36.4 Å². The summed E-state index contributed by atoms with van der Waals surface area (Å²) in [5, 5.41) is 13.8. The number of nitriles is 1. The first-order valence-corrected chi connectivity index (χ1v) is 7.68. The lowest BCUT2D eigenvalue weighted by Crippen LogP contribution is -1.93. The van der Waals surface area contributed by atoms with Gasteiger partial charge in [-0.3, -0.25) is 0 Å². The van der Waals surface area contributed by atoms with Crippen molar-refractivity contribution in [1.82, 2.24) is 4.98 Å². The van der Waals surface area contributed by atoms with Gasteiger partial charge in [0, 0.05) is 9.50 Å². The summed E-state index contributed by atoms with van der Waals surface area (Å²) in [5.74, 6) is 0. The summed E-state index contributed by atoms with van der Waals surface area (Å²) >= 11 is 10.8. The second kappa shape index (κ2) is 5.41. The number of anilines is 2. The zero-order valence-electron chi connectivity index (χ0n) is 10.0. The zero-order chi connectivity index (χ0) is 14.1. The fourth-order valence-electron chi connectivity index (χ4n) is 1.81. The molecule has 3 aromatic rings. The van der Waals surface area contributed by atoms with Crippen LogP contribution in [0.3, 0.4) is 0 Å². The van der Waals surface area contributed by atoms with Gasteiger partial charge < -0.3 is 5.32 Å². The normalized spacial score (nSPS) is 10.4. The van der Waals surface area contributed by atoms with Gasteiger partial charge in [0.15, 0.2) is 5.13 Å². The van der Waals surface area contributed by atoms with Gasteiger partial charge in [-0.2, -0.15) is 5.26 Å². The Labute approximate surface area is 133 Å². The monoisotopic (exact) mass is 363 g/mol. The lowest BCUT2D eigenvalue weighted by atomic mass is 10.2. The van der Waals surface area contributed by atoms with Gasteiger partial charge in [-0.05, 0) is 46.3 Å². The fraction of sp³-hybridized carbons (Fsp3) is 0. The number of halogens is 2. The van der Waals surface area contributed by atoms with Gasteiger partial charge in [0.05, 0.1) is 21.5 Å². The highest BCUT2D eigenvalue weighted by atomic mass is 79.9. The van der Waals surface area contributed by atoms with E-state index >= 15 is 0 Å². The smallest absolute Gasteiger partial charge is 0.188 e. The Morgan fingerprint density at radius 1 is 1.30 bits per heavy atom. The Bertz CT molecular complexity index is 838. The lowest BCUT2D eigenvalue weighted by Gasteiger charge is -2.05. The summed E-state index contributed by atoms with van der Waals surface area (Å²) in [6.45, 7) is 0. The lowest BCUT2D eigenvalue weighted by molar-refractivity contribution is 1.41. The highest BCUT2D eigenvalue weighted by Gasteiger charge is 2.09. The van der Waals surface area contributed by atoms with Crippen LogP contribution in [0.25, 0.3) is 10.2 Å². The number of hydrogen-bond acceptors (Lipinski definition) is 4. The van der Waals surface area contributed by atoms with Gasteiger partial charge in [-0.25, -0.2) is 4.98 Å². The van der Waals surface area contributed by atoms with Crippen LogP contribution >= 0.6 is 38.9 Å². The van der Waals surface area contributed by atoms with Crippen LogP contribution in [0, 0.1) is 11.3 Å². The Hall–Kier alpha value is -1.61. The first kappa shape index (κ1) is 13.4. The Morgan fingerprint density at radius 2 is 2.15 bits per heavy atom. The van der Waals surface area contributed by atoms with Crippen molar-refractivity contribution in [2.45, 2.75) is 0 Å². The molecule has 3 rings (SSSR count). The molecule has 0 atom stereocenters. The third-order valence-electron chi connectivity index (χ3n) is 2.72. The van der Waals surface area contributed by atoms with Crippen LogP contribution in [0.2, 0.25) is 5.02 Å². The molecule has 20 heavy (non-hydrogen) atoms. The molecule has 2 aromatic carbocycles. The van der Waals surface area contributed by atoms with E-state index in [1.54, 1.807) is 0 Å². The molecule has 0 saturated carbocycles. The van der Waals surface area contributed by atoms with Crippen molar-refractivity contribution >= 4 is 59.9 Å². The van der Waals surface area contributed by atoms with Crippen molar-refractivity contribution in [2.24, 2.45) is 0 Å². The molecule has 98 valence electrons. The summed E-state index contributed by atoms with van der Waals surface area (Å²) < 4.78 is 1.77. The second-order valence-electron chi connectivity index (χ2n) is 4.03. The quantitative estimate of drug-likeness (QED) is 0.669. The first-order chi connectivity index (χ1) is 9.67. The molecular weight excluding hydrogens is 358 g/mol. The number of rotatable bonds is 2. The third-order valence-corrected chi connectivity index (χ3v) is 4.55. The van der Waals surface area contributed by atoms with Crippen molar-refractivity contribution < 1.29 is 0 Å². The summed E-state index contributed by atoms with van der Waals surface area (Å²) in [6.07, 6.45) is 0. The summed E-state index contributed by atoms with van der Waals surface area (Å²) in [7, 11) is 0. The standard InChI is InChI=1S/C14H7BrClN3S/c15-10-2-1-3-11(9(10)7-17)18-14-19-12-5-4-8(16)6-13(12)20-14/h1-6H,(H,18,19). The van der Waals surface area contributed by atoms with E-state index in [4.69, 9.17) is 11.6 Å². The van der Waals surface area contributed by atoms with Crippen molar-refractivity contribution in [3.8, 4) is 6.07 Å². The third kappa shape index (κ3) is 2.50. The van der Waals surface area contributed by atoms with Crippen molar-refractivity contribution in [3.63, 3.8) is 0 Å². The molecule has 0 saturated heterocycles. The maximum Gasteiger partial charge on any atom is 0.188 e. The molecule has 6 heteroatoms. The highest BCUT2D eigenvalue weighted by Crippen LogP contribution is 2.32. The predicted molar refractivity (Wildman–Crippen MR) is 86.8 cm³/mol. The minimum atomic E-state index is 0.560. The first-order valence-electron chi connectivity index (χ1n) is 5.69. The van der Waals surface area contributed by atoms with E-state index in [-0.39, 0.29) is 0 Å². The number of nitrogens with one attached hydrogen (secondary N) is 1. The van der Waals surface area contributed by atoms with Crippen molar-refractivity contribution in [2.75, 3.05) is 5.32 Å². The van der Waals surface area contributed by atoms with E-state index in [1.165, 1.54) is 11.3 Å². The molecule has 1 N–H and O–H groups in total. The van der Waals surface area contributed by atoms with Crippen LogP contribution in [-0.2, 0) is 0 Å². The molecule has 1 aromatic heterocycles. The average Bonchev–Trinajstić information content (AvgIpc) is 2.80. The molecule has 0 bridgehead atoms. The van der Waals surface area contributed by atoms with E-state index in [0.29, 0.717) is 10.6 Å². The Kier molecular flexibility index (Phi) is 3.62. The van der Waals surface area contributed by atoms with Crippen LogP contribution in [0.5, 0.6) is 0 Å². The summed E-state index contributed by atoms with van der Waals surface area (Å²) in [4.78, 5) is 4.48. The molecule has 0 fully saturated rings. The average molecular weight is 365 g/mol. The number of hydrogen-bond donors (Lipinski definition) is 1. The van der Waals surface area contributed by atoms with Crippen LogP contribution < -0.4 is 5.32 Å². The van der Waals surface area contributed by atoms with E-state index in [0.717, 1.165) is 25.5 Å². The van der Waals surface area contributed by atoms with Crippen LogP contribution in [-0.4, -0.2) is 4.98 Å². The fourth-order valence-corrected chi connectivity index (χ4v) is 3.42. The summed E-state index contributed by atoms with van der Waals surface area (Å²) in [6, 6.07) is 13.3.